The fourth-order valence-corrected chi connectivity index (χ4v) is 3.70. The van der Waals surface area contributed by atoms with Crippen LogP contribution in [-0.4, -0.2) is 41.2 Å². The topological polar surface area (TPSA) is 40.6 Å². The number of carbonyl (C=O) groups is 2. The first-order valence-electron chi connectivity index (χ1n) is 8.44. The number of amides is 2. The summed E-state index contributed by atoms with van der Waals surface area (Å²) in [4.78, 5) is 29.0. The third-order valence-electron chi connectivity index (χ3n) is 4.99. The number of piperazine rings is 1. The van der Waals surface area contributed by atoms with E-state index in [0.717, 1.165) is 18.4 Å². The Morgan fingerprint density at radius 1 is 0.958 bits per heavy atom. The van der Waals surface area contributed by atoms with Gasteiger partial charge in [-0.05, 0) is 29.5 Å². The van der Waals surface area contributed by atoms with Crippen molar-refractivity contribution in [3.8, 4) is 0 Å². The van der Waals surface area contributed by atoms with E-state index in [4.69, 9.17) is 0 Å². The molecule has 0 unspecified atom stereocenters. The van der Waals surface area contributed by atoms with Crippen molar-refractivity contribution < 1.29 is 9.59 Å². The van der Waals surface area contributed by atoms with E-state index >= 15 is 0 Å². The number of hydrogen-bond acceptors (Lipinski definition) is 2. The normalized spacial score (nSPS) is 19.9. The lowest BCUT2D eigenvalue weighted by Crippen LogP contribution is -2.57. The van der Waals surface area contributed by atoms with Crippen LogP contribution in [-0.2, 0) is 22.4 Å². The van der Waals surface area contributed by atoms with E-state index in [9.17, 15) is 9.59 Å². The molecule has 2 aromatic rings. The van der Waals surface area contributed by atoms with E-state index in [0.29, 0.717) is 13.1 Å². The van der Waals surface area contributed by atoms with Gasteiger partial charge in [0.1, 0.15) is 6.04 Å². The van der Waals surface area contributed by atoms with Crippen LogP contribution < -0.4 is 0 Å². The van der Waals surface area contributed by atoms with Gasteiger partial charge >= 0.3 is 0 Å². The van der Waals surface area contributed by atoms with Crippen LogP contribution >= 0.6 is 0 Å². The first-order chi connectivity index (χ1) is 11.7. The molecule has 0 aromatic heterocycles. The number of hydrogen-bond donors (Lipinski definition) is 0. The predicted octanol–water partition coefficient (Wildman–Crippen LogP) is 2.20. The zero-order valence-corrected chi connectivity index (χ0v) is 13.5. The van der Waals surface area contributed by atoms with Gasteiger partial charge in [0.2, 0.25) is 5.91 Å². The van der Waals surface area contributed by atoms with E-state index in [1.807, 2.05) is 36.4 Å². The van der Waals surface area contributed by atoms with Gasteiger partial charge in [0, 0.05) is 13.1 Å². The van der Waals surface area contributed by atoms with E-state index < -0.39 is 6.04 Å². The fourth-order valence-electron chi connectivity index (χ4n) is 3.70. The quantitative estimate of drug-likeness (QED) is 0.870. The van der Waals surface area contributed by atoms with Crippen LogP contribution in [0.4, 0.5) is 0 Å². The van der Waals surface area contributed by atoms with Gasteiger partial charge in [-0.25, -0.2) is 0 Å². The molecule has 4 rings (SSSR count). The molecular weight excluding hydrogens is 300 g/mol. The molecule has 4 heteroatoms. The summed E-state index contributed by atoms with van der Waals surface area (Å²) in [6.45, 7) is 1.42. The van der Waals surface area contributed by atoms with E-state index in [1.54, 1.807) is 9.80 Å². The Kier molecular flexibility index (Phi) is 3.81. The highest BCUT2D eigenvalue weighted by Gasteiger charge is 2.42. The first kappa shape index (κ1) is 14.9. The molecule has 0 bridgehead atoms. The molecule has 2 heterocycles. The molecular formula is C20H20N2O2. The molecule has 0 aliphatic carbocycles. The Morgan fingerprint density at radius 3 is 2.54 bits per heavy atom. The lowest BCUT2D eigenvalue weighted by Gasteiger charge is -2.43. The maximum Gasteiger partial charge on any atom is 0.250 e. The van der Waals surface area contributed by atoms with Crippen molar-refractivity contribution in [2.24, 2.45) is 0 Å². The summed E-state index contributed by atoms with van der Waals surface area (Å²) >= 11 is 0. The minimum atomic E-state index is -0.438. The lowest BCUT2D eigenvalue weighted by molar-refractivity contribution is -0.156. The van der Waals surface area contributed by atoms with E-state index in [2.05, 4.69) is 18.2 Å². The van der Waals surface area contributed by atoms with Crippen molar-refractivity contribution >= 4 is 11.8 Å². The number of benzene rings is 2. The summed E-state index contributed by atoms with van der Waals surface area (Å²) in [7, 11) is 0. The molecule has 0 saturated carbocycles. The van der Waals surface area contributed by atoms with Crippen LogP contribution in [0, 0.1) is 0 Å². The lowest BCUT2D eigenvalue weighted by atomic mass is 9.90. The molecule has 2 aliphatic heterocycles. The Bertz CT molecular complexity index is 772. The second kappa shape index (κ2) is 6.11. The van der Waals surface area contributed by atoms with Crippen LogP contribution in [0.15, 0.2) is 54.6 Å². The third kappa shape index (κ3) is 2.58. The van der Waals surface area contributed by atoms with Crippen LogP contribution in [0.1, 0.15) is 22.7 Å². The predicted molar refractivity (Wildman–Crippen MR) is 91.3 cm³/mol. The van der Waals surface area contributed by atoms with Gasteiger partial charge < -0.3 is 9.80 Å². The van der Waals surface area contributed by atoms with Gasteiger partial charge in [-0.3, -0.25) is 9.59 Å². The van der Waals surface area contributed by atoms with Gasteiger partial charge in [0.05, 0.1) is 6.54 Å². The summed E-state index contributed by atoms with van der Waals surface area (Å²) in [6, 6.07) is 17.6. The number of carbonyl (C=O) groups excluding carboxylic acids is 2. The monoisotopic (exact) mass is 320 g/mol. The second-order valence-corrected chi connectivity index (χ2v) is 6.43. The molecule has 1 atom stereocenters. The summed E-state index contributed by atoms with van der Waals surface area (Å²) in [5, 5.41) is 0. The molecule has 0 N–H and O–H groups in total. The van der Waals surface area contributed by atoms with E-state index in [-0.39, 0.29) is 18.4 Å². The first-order valence-corrected chi connectivity index (χ1v) is 8.44. The molecule has 2 aromatic carbocycles. The highest BCUT2D eigenvalue weighted by Crippen LogP contribution is 2.33. The van der Waals surface area contributed by atoms with Crippen LogP contribution in [0.25, 0.3) is 0 Å². The summed E-state index contributed by atoms with van der Waals surface area (Å²) < 4.78 is 0. The Labute approximate surface area is 141 Å². The molecule has 24 heavy (non-hydrogen) atoms. The minimum Gasteiger partial charge on any atom is -0.331 e. The molecule has 4 nitrogen and oxygen atoms in total. The SMILES string of the molecule is O=C1[C@@H]2c3ccccc3CCN2C(=O)CN1CCc1ccccc1. The highest BCUT2D eigenvalue weighted by molar-refractivity contribution is 5.96. The summed E-state index contributed by atoms with van der Waals surface area (Å²) in [5.74, 6) is 0.111. The van der Waals surface area contributed by atoms with Gasteiger partial charge in [0.25, 0.3) is 5.91 Å². The molecule has 0 spiro atoms. The average molecular weight is 320 g/mol. The molecule has 0 radical (unpaired) electrons. The molecule has 2 amide bonds. The average Bonchev–Trinajstić information content (AvgIpc) is 2.63. The van der Waals surface area contributed by atoms with Crippen molar-refractivity contribution in [2.75, 3.05) is 19.6 Å². The van der Waals surface area contributed by atoms with Crippen LogP contribution in [0.5, 0.6) is 0 Å². The van der Waals surface area contributed by atoms with Gasteiger partial charge in [-0.1, -0.05) is 54.6 Å². The van der Waals surface area contributed by atoms with E-state index in [1.165, 1.54) is 11.1 Å². The van der Waals surface area contributed by atoms with Crippen molar-refractivity contribution in [1.29, 1.82) is 0 Å². The maximum absolute atomic E-state index is 13.0. The summed E-state index contributed by atoms with van der Waals surface area (Å²) in [5.41, 5.74) is 3.36. The molecule has 122 valence electrons. The van der Waals surface area contributed by atoms with Crippen LogP contribution in [0.2, 0.25) is 0 Å². The largest absolute Gasteiger partial charge is 0.331 e. The molecule has 2 aliphatic rings. The van der Waals surface area contributed by atoms with Crippen LogP contribution in [0.3, 0.4) is 0 Å². The molecule has 1 saturated heterocycles. The smallest absolute Gasteiger partial charge is 0.250 e. The van der Waals surface area contributed by atoms with Crippen molar-refractivity contribution in [2.45, 2.75) is 18.9 Å². The third-order valence-corrected chi connectivity index (χ3v) is 4.99. The number of rotatable bonds is 3. The Morgan fingerprint density at radius 2 is 1.71 bits per heavy atom. The summed E-state index contributed by atoms with van der Waals surface area (Å²) in [6.07, 6.45) is 1.60. The zero-order valence-electron chi connectivity index (χ0n) is 13.5. The van der Waals surface area contributed by atoms with Crippen molar-refractivity contribution in [1.82, 2.24) is 9.80 Å². The highest BCUT2D eigenvalue weighted by atomic mass is 16.2. The maximum atomic E-state index is 13.0. The second-order valence-electron chi connectivity index (χ2n) is 6.43. The van der Waals surface area contributed by atoms with Gasteiger partial charge in [-0.15, -0.1) is 0 Å². The van der Waals surface area contributed by atoms with Gasteiger partial charge in [0.15, 0.2) is 0 Å². The Hall–Kier alpha value is -2.62. The van der Waals surface area contributed by atoms with Gasteiger partial charge in [-0.2, -0.15) is 0 Å². The standard InChI is InChI=1S/C20H20N2O2/c23-18-14-21(12-10-15-6-2-1-3-7-15)20(24)19-17-9-5-4-8-16(17)11-13-22(18)19/h1-9,19H,10-14H2/t19-/m0/s1. The molecule has 1 fully saturated rings. The Balaban J connectivity index is 1.57. The number of fused-ring (bicyclic) bond motifs is 3. The van der Waals surface area contributed by atoms with Crippen molar-refractivity contribution in [3.05, 3.63) is 71.3 Å². The number of nitrogens with zero attached hydrogens (tertiary/aromatic N) is 2. The fraction of sp³-hybridized carbons (Fsp3) is 0.300. The van der Waals surface area contributed by atoms with Crippen molar-refractivity contribution in [3.63, 3.8) is 0 Å². The minimum absolute atomic E-state index is 0.0534. The zero-order chi connectivity index (χ0) is 16.5.